The van der Waals surface area contributed by atoms with Crippen LogP contribution in [-0.2, 0) is 0 Å². The van der Waals surface area contributed by atoms with Crippen molar-refractivity contribution in [3.05, 3.63) is 23.6 Å². The van der Waals surface area contributed by atoms with Gasteiger partial charge in [-0.2, -0.15) is 13.5 Å². The van der Waals surface area contributed by atoms with Gasteiger partial charge in [0.05, 0.1) is 5.56 Å². The molecule has 0 bridgehead atoms. The minimum Gasteiger partial charge on any atom is -0.312 e. The minimum absolute atomic E-state index is 0. The van der Waals surface area contributed by atoms with Crippen molar-refractivity contribution >= 4 is 37.5 Å². The molecule has 1 aromatic rings. The van der Waals surface area contributed by atoms with Crippen LogP contribution in [0.15, 0.2) is 12.3 Å². The third-order valence-electron chi connectivity index (χ3n) is 1.89. The number of rotatable bonds is 4. The van der Waals surface area contributed by atoms with E-state index in [4.69, 9.17) is 0 Å². The average Bonchev–Trinajstić information content (AvgIpc) is 3.00. The molecule has 0 unspecified atom stereocenters. The Morgan fingerprint density at radius 2 is 2.25 bits per heavy atom. The highest BCUT2D eigenvalue weighted by atomic mass is 32.2. The van der Waals surface area contributed by atoms with Crippen LogP contribution in [0, 0.1) is 5.82 Å². The Labute approximate surface area is 106 Å². The maximum absolute atomic E-state index is 13.4. The summed E-state index contributed by atoms with van der Waals surface area (Å²) in [6.45, 7) is 0. The molecular formula is C10H15FN2OS2. The summed E-state index contributed by atoms with van der Waals surface area (Å²) in [7, 11) is 0. The number of carbonyl (C=O) groups excluding carboxylic acids is 1. The zero-order valence-corrected chi connectivity index (χ0v) is 9.68. The Balaban J connectivity index is 0.00000112. The molecule has 0 amide bonds. The highest BCUT2D eigenvalue weighted by molar-refractivity contribution is 8.01. The Morgan fingerprint density at radius 1 is 1.56 bits per heavy atom. The molecule has 1 fully saturated rings. The van der Waals surface area contributed by atoms with E-state index in [0.29, 0.717) is 11.5 Å². The van der Waals surface area contributed by atoms with Crippen LogP contribution in [0.3, 0.4) is 0 Å². The first-order valence-corrected chi connectivity index (χ1v) is 5.20. The second kappa shape index (κ2) is 6.75. The van der Waals surface area contributed by atoms with Crippen molar-refractivity contribution in [2.75, 3.05) is 4.72 Å². The number of carbonyl (C=O) groups is 1. The van der Waals surface area contributed by atoms with E-state index >= 15 is 0 Å². The Bertz CT molecular complexity index is 359. The van der Waals surface area contributed by atoms with Crippen molar-refractivity contribution in [2.24, 2.45) is 0 Å². The summed E-state index contributed by atoms with van der Waals surface area (Å²) < 4.78 is 16.2. The van der Waals surface area contributed by atoms with Crippen LogP contribution in [-0.4, -0.2) is 16.5 Å². The second-order valence-corrected chi connectivity index (χ2v) is 4.21. The zero-order valence-electron chi connectivity index (χ0n) is 7.87. The quantitative estimate of drug-likeness (QED) is 0.669. The zero-order chi connectivity index (χ0) is 9.97. The first-order chi connectivity index (χ1) is 6.81. The number of nitrogens with zero attached hydrogens (tertiary/aromatic N) is 1. The van der Waals surface area contributed by atoms with Crippen molar-refractivity contribution in [3.8, 4) is 0 Å². The lowest BCUT2D eigenvalue weighted by molar-refractivity contribution is 0.112. The molecule has 90 valence electrons. The van der Waals surface area contributed by atoms with Crippen LogP contribution in [0.4, 0.5) is 10.2 Å². The molecule has 0 aromatic carbocycles. The van der Waals surface area contributed by atoms with Gasteiger partial charge < -0.3 is 4.72 Å². The molecular weight excluding hydrogens is 247 g/mol. The number of aldehydes is 1. The Hall–Kier alpha value is -0.750. The first-order valence-electron chi connectivity index (χ1n) is 4.32. The number of hydrogen-bond acceptors (Lipinski definition) is 4. The van der Waals surface area contributed by atoms with Gasteiger partial charge in [0.1, 0.15) is 0 Å². The Kier molecular flexibility index (Phi) is 6.43. The summed E-state index contributed by atoms with van der Waals surface area (Å²) in [5, 5.41) is 0.566. The number of hydrogen-bond donors (Lipinski definition) is 1. The van der Waals surface area contributed by atoms with Crippen LogP contribution in [0.5, 0.6) is 0 Å². The lowest BCUT2D eigenvalue weighted by atomic mass is 10.3. The predicted octanol–water partition coefficient (Wildman–Crippen LogP) is 3.00. The molecule has 16 heavy (non-hydrogen) atoms. The van der Waals surface area contributed by atoms with E-state index < -0.39 is 5.82 Å². The fraction of sp³-hybridized carbons (Fsp3) is 0.400. The number of aromatic nitrogens is 1. The fourth-order valence-electron chi connectivity index (χ4n) is 0.946. The van der Waals surface area contributed by atoms with Gasteiger partial charge in [0, 0.05) is 11.4 Å². The van der Waals surface area contributed by atoms with E-state index in [1.165, 1.54) is 24.2 Å². The van der Waals surface area contributed by atoms with E-state index in [1.54, 1.807) is 0 Å². The van der Waals surface area contributed by atoms with E-state index in [0.717, 1.165) is 12.8 Å². The highest BCUT2D eigenvalue weighted by Crippen LogP contribution is 2.34. The van der Waals surface area contributed by atoms with Crippen LogP contribution in [0.1, 0.15) is 30.6 Å². The lowest BCUT2D eigenvalue weighted by Crippen LogP contribution is -1.99. The molecule has 0 radical (unpaired) electrons. The summed E-state index contributed by atoms with van der Waals surface area (Å²) in [5.74, 6) is -0.429. The number of halogens is 1. The van der Waals surface area contributed by atoms with Crippen LogP contribution < -0.4 is 4.72 Å². The van der Waals surface area contributed by atoms with Gasteiger partial charge in [0.15, 0.2) is 17.9 Å². The van der Waals surface area contributed by atoms with Crippen molar-refractivity contribution < 1.29 is 9.18 Å². The number of nitrogens with one attached hydrogen (secondary N) is 1. The van der Waals surface area contributed by atoms with E-state index in [2.05, 4.69) is 9.71 Å². The molecule has 1 N–H and O–H groups in total. The van der Waals surface area contributed by atoms with E-state index in [1.807, 2.05) is 0 Å². The van der Waals surface area contributed by atoms with Gasteiger partial charge in [-0.3, -0.25) is 4.79 Å². The van der Waals surface area contributed by atoms with E-state index in [9.17, 15) is 9.18 Å². The fourth-order valence-corrected chi connectivity index (χ4v) is 1.74. The topological polar surface area (TPSA) is 42.0 Å². The summed E-state index contributed by atoms with van der Waals surface area (Å²) in [4.78, 5) is 14.2. The maximum Gasteiger partial charge on any atom is 0.176 e. The minimum atomic E-state index is -0.573. The summed E-state index contributed by atoms with van der Waals surface area (Å²) in [6.07, 6.45) is 4.23. The normalized spacial score (nSPS) is 13.3. The number of anilines is 1. The first kappa shape index (κ1) is 15.2. The largest absolute Gasteiger partial charge is 0.312 e. The molecule has 2 rings (SSSR count). The number of pyridine rings is 1. The average molecular weight is 262 g/mol. The van der Waals surface area contributed by atoms with Crippen LogP contribution in [0.2, 0.25) is 0 Å². The summed E-state index contributed by atoms with van der Waals surface area (Å²) in [6, 6.07) is 1.36. The van der Waals surface area contributed by atoms with Crippen molar-refractivity contribution in [3.63, 3.8) is 0 Å². The summed E-state index contributed by atoms with van der Waals surface area (Å²) >= 11 is 1.46. The summed E-state index contributed by atoms with van der Waals surface area (Å²) in [5.41, 5.74) is 0.0406. The van der Waals surface area contributed by atoms with Crippen molar-refractivity contribution in [1.29, 1.82) is 0 Å². The molecule has 1 aliphatic rings. The van der Waals surface area contributed by atoms with Crippen LogP contribution >= 0.6 is 25.4 Å². The van der Waals surface area contributed by atoms with Gasteiger partial charge >= 0.3 is 0 Å². The van der Waals surface area contributed by atoms with Gasteiger partial charge in [0.2, 0.25) is 0 Å². The maximum atomic E-state index is 13.4. The molecule has 1 aliphatic carbocycles. The van der Waals surface area contributed by atoms with Crippen molar-refractivity contribution in [2.45, 2.75) is 25.5 Å². The molecule has 6 heteroatoms. The Morgan fingerprint density at radius 3 is 2.81 bits per heavy atom. The van der Waals surface area contributed by atoms with Gasteiger partial charge in [-0.1, -0.05) is 7.43 Å². The van der Waals surface area contributed by atoms with Gasteiger partial charge in [0.25, 0.3) is 0 Å². The second-order valence-electron chi connectivity index (χ2n) is 3.10. The van der Waals surface area contributed by atoms with Crippen molar-refractivity contribution in [1.82, 2.24) is 4.98 Å². The predicted molar refractivity (Wildman–Crippen MR) is 70.9 cm³/mol. The molecule has 1 saturated carbocycles. The third kappa shape index (κ3) is 3.68. The molecule has 0 saturated heterocycles. The van der Waals surface area contributed by atoms with Gasteiger partial charge in [-0.25, -0.2) is 9.37 Å². The standard InChI is InChI=1S/C9H9FN2OS.CH4.H2S/c10-8-6(5-13)3-4-11-9(8)12-14-7-1-2-7;;/h3-5,7H,1-2H2,(H,11,12);1H4;1H2. The van der Waals surface area contributed by atoms with E-state index in [-0.39, 0.29) is 32.3 Å². The SMILES string of the molecule is C.O=Cc1ccnc(NSC2CC2)c1F.S. The monoisotopic (exact) mass is 262 g/mol. The van der Waals surface area contributed by atoms with Gasteiger partial charge in [-0.15, -0.1) is 0 Å². The molecule has 3 nitrogen and oxygen atoms in total. The third-order valence-corrected chi connectivity index (χ3v) is 3.01. The lowest BCUT2D eigenvalue weighted by Gasteiger charge is -2.04. The molecule has 0 spiro atoms. The molecule has 1 heterocycles. The van der Waals surface area contributed by atoms with Gasteiger partial charge in [-0.05, 0) is 30.9 Å². The molecule has 0 aliphatic heterocycles. The smallest absolute Gasteiger partial charge is 0.176 e. The molecule has 0 atom stereocenters. The van der Waals surface area contributed by atoms with Crippen LogP contribution in [0.25, 0.3) is 0 Å². The molecule has 1 aromatic heterocycles. The highest BCUT2D eigenvalue weighted by Gasteiger charge is 2.23.